The van der Waals surface area contributed by atoms with E-state index in [1.807, 2.05) is 30.3 Å². The summed E-state index contributed by atoms with van der Waals surface area (Å²) in [6.07, 6.45) is 5.01. The molecule has 0 aliphatic rings. The first-order valence-electron chi connectivity index (χ1n) is 12.8. The lowest BCUT2D eigenvalue weighted by Gasteiger charge is -2.32. The van der Waals surface area contributed by atoms with Gasteiger partial charge < -0.3 is 14.4 Å². The largest absolute Gasteiger partial charge is 0.496 e. The van der Waals surface area contributed by atoms with Crippen LogP contribution in [0.5, 0.6) is 5.75 Å². The van der Waals surface area contributed by atoms with E-state index in [1.165, 1.54) is 7.11 Å². The minimum atomic E-state index is -0.665. The topological polar surface area (TPSA) is 79.6 Å². The first kappa shape index (κ1) is 29.1. The first-order valence-corrected chi connectivity index (χ1v) is 12.8. The number of rotatable bonds is 15. The molecule has 0 aromatic heterocycles. The van der Waals surface area contributed by atoms with Crippen LogP contribution >= 0.6 is 0 Å². The van der Waals surface area contributed by atoms with E-state index in [0.29, 0.717) is 29.9 Å². The van der Waals surface area contributed by atoms with Crippen LogP contribution in [-0.4, -0.2) is 51.0 Å². The molecule has 1 unspecified atom stereocenters. The van der Waals surface area contributed by atoms with Gasteiger partial charge in [0.2, 0.25) is 0 Å². The van der Waals surface area contributed by atoms with E-state index in [2.05, 4.69) is 38.8 Å². The van der Waals surface area contributed by atoms with E-state index in [1.54, 1.807) is 12.1 Å². The van der Waals surface area contributed by atoms with Crippen LogP contribution in [0.4, 0.5) is 0 Å². The zero-order valence-corrected chi connectivity index (χ0v) is 22.4. The summed E-state index contributed by atoms with van der Waals surface area (Å²) >= 11 is 0. The van der Waals surface area contributed by atoms with Gasteiger partial charge in [-0.1, -0.05) is 45.4 Å². The van der Waals surface area contributed by atoms with Crippen molar-refractivity contribution in [1.29, 1.82) is 5.26 Å². The second-order valence-electron chi connectivity index (χ2n) is 9.66. The Hall–Kier alpha value is -3.17. The predicted octanol–water partition coefficient (Wildman–Crippen LogP) is 5.84. The number of hydrogen-bond donors (Lipinski definition) is 0. The minimum Gasteiger partial charge on any atom is -0.496 e. The van der Waals surface area contributed by atoms with E-state index >= 15 is 0 Å². The van der Waals surface area contributed by atoms with Crippen molar-refractivity contribution >= 4 is 12.3 Å². The second-order valence-corrected chi connectivity index (χ2v) is 9.66. The standard InChI is InChI=1S/C30H40N2O4/c1-6-7-18-36-29(34)25-11-8-10-24(19-25)14-17-32(4)16-9-15-30(22-31,23(2)3)27-13-12-26(21-33)28(20-27)35-5/h8,10-13,19-21,23H,6-7,9,14-18H2,1-5H3. The molecular weight excluding hydrogens is 452 g/mol. The molecule has 6 heteroatoms. The third kappa shape index (κ3) is 7.66. The summed E-state index contributed by atoms with van der Waals surface area (Å²) in [5.74, 6) is 0.328. The van der Waals surface area contributed by atoms with Crippen LogP contribution in [0.3, 0.4) is 0 Å². The Bertz CT molecular complexity index is 1040. The minimum absolute atomic E-state index is 0.0967. The molecular formula is C30H40N2O4. The lowest BCUT2D eigenvalue weighted by atomic mass is 9.69. The van der Waals surface area contributed by atoms with Gasteiger partial charge >= 0.3 is 5.97 Å². The van der Waals surface area contributed by atoms with Gasteiger partial charge in [0.25, 0.3) is 0 Å². The maximum absolute atomic E-state index is 12.2. The van der Waals surface area contributed by atoms with Gasteiger partial charge in [0, 0.05) is 6.54 Å². The fraction of sp³-hybridized carbons (Fsp3) is 0.500. The number of ether oxygens (including phenoxy) is 2. The number of likely N-dealkylation sites (N-methyl/N-ethyl adjacent to an activating group) is 1. The van der Waals surface area contributed by atoms with Crippen LogP contribution in [0.25, 0.3) is 0 Å². The van der Waals surface area contributed by atoms with Crippen LogP contribution in [0, 0.1) is 17.2 Å². The average molecular weight is 493 g/mol. The van der Waals surface area contributed by atoms with Crippen LogP contribution in [0.1, 0.15) is 78.3 Å². The van der Waals surface area contributed by atoms with Gasteiger partial charge in [0.1, 0.15) is 5.75 Å². The normalized spacial score (nSPS) is 12.7. The van der Waals surface area contributed by atoms with Crippen molar-refractivity contribution in [2.24, 2.45) is 5.92 Å². The van der Waals surface area contributed by atoms with E-state index < -0.39 is 5.41 Å². The number of unbranched alkanes of at least 4 members (excludes halogenated alkanes) is 1. The highest BCUT2D eigenvalue weighted by Gasteiger charge is 2.36. The molecule has 0 saturated carbocycles. The highest BCUT2D eigenvalue weighted by Crippen LogP contribution is 2.38. The Morgan fingerprint density at radius 1 is 1.17 bits per heavy atom. The lowest BCUT2D eigenvalue weighted by molar-refractivity contribution is 0.0499. The Labute approximate surface area is 216 Å². The van der Waals surface area contributed by atoms with Crippen LogP contribution in [0.2, 0.25) is 0 Å². The van der Waals surface area contributed by atoms with Crippen molar-refractivity contribution in [3.05, 3.63) is 64.7 Å². The third-order valence-corrected chi connectivity index (χ3v) is 6.85. The van der Waals surface area contributed by atoms with Gasteiger partial charge in [0.15, 0.2) is 6.29 Å². The van der Waals surface area contributed by atoms with Gasteiger partial charge in [-0.25, -0.2) is 4.79 Å². The van der Waals surface area contributed by atoms with E-state index in [0.717, 1.165) is 56.2 Å². The Balaban J connectivity index is 1.97. The number of methoxy groups -OCH3 is 1. The van der Waals surface area contributed by atoms with E-state index in [-0.39, 0.29) is 11.9 Å². The summed E-state index contributed by atoms with van der Waals surface area (Å²) in [4.78, 5) is 25.8. The molecule has 0 saturated heterocycles. The van der Waals surface area contributed by atoms with Crippen molar-refractivity contribution in [3.63, 3.8) is 0 Å². The third-order valence-electron chi connectivity index (χ3n) is 6.85. The number of hydrogen-bond acceptors (Lipinski definition) is 6. The Kier molecular flexibility index (Phi) is 11.6. The van der Waals surface area contributed by atoms with Crippen molar-refractivity contribution in [1.82, 2.24) is 4.90 Å². The molecule has 0 spiro atoms. The number of benzene rings is 2. The molecule has 6 nitrogen and oxygen atoms in total. The quantitative estimate of drug-likeness (QED) is 0.177. The number of carbonyl (C=O) groups is 2. The summed E-state index contributed by atoms with van der Waals surface area (Å²) in [6.45, 7) is 8.34. The molecule has 0 N–H and O–H groups in total. The van der Waals surface area contributed by atoms with Gasteiger partial charge in [-0.2, -0.15) is 5.26 Å². The highest BCUT2D eigenvalue weighted by atomic mass is 16.5. The molecule has 194 valence electrons. The molecule has 0 heterocycles. The zero-order valence-electron chi connectivity index (χ0n) is 22.4. The fourth-order valence-corrected chi connectivity index (χ4v) is 4.41. The van der Waals surface area contributed by atoms with E-state index in [9.17, 15) is 14.9 Å². The Morgan fingerprint density at radius 3 is 2.58 bits per heavy atom. The van der Waals surface area contributed by atoms with Crippen LogP contribution in [0.15, 0.2) is 42.5 Å². The molecule has 0 bridgehead atoms. The number of aldehydes is 1. The molecule has 2 aromatic carbocycles. The summed E-state index contributed by atoms with van der Waals surface area (Å²) in [5.41, 5.74) is 2.39. The SMILES string of the molecule is CCCCOC(=O)c1cccc(CCN(C)CCCC(C#N)(c2ccc(C=O)c(OC)c2)C(C)C)c1. The molecule has 0 aliphatic heterocycles. The Morgan fingerprint density at radius 2 is 1.94 bits per heavy atom. The lowest BCUT2D eigenvalue weighted by Crippen LogP contribution is -2.32. The summed E-state index contributed by atoms with van der Waals surface area (Å²) in [6, 6.07) is 15.7. The predicted molar refractivity (Wildman–Crippen MR) is 143 cm³/mol. The smallest absolute Gasteiger partial charge is 0.338 e. The van der Waals surface area contributed by atoms with Gasteiger partial charge in [-0.15, -0.1) is 0 Å². The maximum atomic E-state index is 12.2. The van der Waals surface area contributed by atoms with Gasteiger partial charge in [0.05, 0.1) is 36.3 Å². The maximum Gasteiger partial charge on any atom is 0.338 e. The zero-order chi connectivity index (χ0) is 26.6. The fourth-order valence-electron chi connectivity index (χ4n) is 4.41. The number of esters is 1. The van der Waals surface area contributed by atoms with Gasteiger partial charge in [-0.3, -0.25) is 4.79 Å². The molecule has 2 rings (SSSR count). The van der Waals surface area contributed by atoms with Gasteiger partial charge in [-0.05, 0) is 80.6 Å². The molecule has 0 amide bonds. The van der Waals surface area contributed by atoms with Crippen molar-refractivity contribution < 1.29 is 19.1 Å². The molecule has 0 aliphatic carbocycles. The van der Waals surface area contributed by atoms with Crippen LogP contribution < -0.4 is 4.74 Å². The molecule has 2 aromatic rings. The van der Waals surface area contributed by atoms with Crippen molar-refractivity contribution in [2.75, 3.05) is 33.9 Å². The average Bonchev–Trinajstić information content (AvgIpc) is 2.89. The monoisotopic (exact) mass is 492 g/mol. The first-order chi connectivity index (χ1) is 17.3. The number of carbonyl (C=O) groups excluding carboxylic acids is 2. The molecule has 1 atom stereocenters. The summed E-state index contributed by atoms with van der Waals surface area (Å²) < 4.78 is 10.7. The van der Waals surface area contributed by atoms with Crippen molar-refractivity contribution in [3.8, 4) is 11.8 Å². The summed E-state index contributed by atoms with van der Waals surface area (Å²) in [5, 5.41) is 10.2. The number of nitriles is 1. The highest BCUT2D eigenvalue weighted by molar-refractivity contribution is 5.89. The van der Waals surface area contributed by atoms with Crippen LogP contribution in [-0.2, 0) is 16.6 Å². The second kappa shape index (κ2) is 14.4. The van der Waals surface area contributed by atoms with Crippen molar-refractivity contribution in [2.45, 2.75) is 58.3 Å². The number of nitrogens with zero attached hydrogens (tertiary/aromatic N) is 2. The molecule has 0 radical (unpaired) electrons. The van der Waals surface area contributed by atoms with E-state index in [4.69, 9.17) is 9.47 Å². The molecule has 0 fully saturated rings. The summed E-state index contributed by atoms with van der Waals surface area (Å²) in [7, 11) is 3.61. The molecule has 36 heavy (non-hydrogen) atoms.